The minimum Gasteiger partial charge on any atom is -0.451 e. The second-order valence-electron chi connectivity index (χ2n) is 2.50. The van der Waals surface area contributed by atoms with Gasteiger partial charge in [-0.3, -0.25) is 0 Å². The lowest BCUT2D eigenvalue weighted by Gasteiger charge is -1.99. The van der Waals surface area contributed by atoms with Crippen molar-refractivity contribution in [3.63, 3.8) is 0 Å². The number of hydrogen-bond acceptors (Lipinski definition) is 2. The fraction of sp³-hybridized carbons (Fsp3) is 0. The maximum Gasteiger partial charge on any atom is 0.181 e. The Bertz CT molecular complexity index is 414. The molecule has 0 fully saturated rings. The van der Waals surface area contributed by atoms with Gasteiger partial charge in [-0.2, -0.15) is 0 Å². The number of rotatable bonds is 1. The van der Waals surface area contributed by atoms with E-state index >= 15 is 0 Å². The van der Waals surface area contributed by atoms with Crippen molar-refractivity contribution in [1.29, 1.82) is 0 Å². The summed E-state index contributed by atoms with van der Waals surface area (Å²) in [5.41, 5.74) is 1.77. The van der Waals surface area contributed by atoms with Crippen molar-refractivity contribution in [2.24, 2.45) is 0 Å². The van der Waals surface area contributed by atoms with Crippen molar-refractivity contribution >= 4 is 27.5 Å². The summed E-state index contributed by atoms with van der Waals surface area (Å²) in [4.78, 5) is 4.04. The minimum absolute atomic E-state index is 0.694. The van der Waals surface area contributed by atoms with Gasteiger partial charge in [-0.05, 0) is 12.1 Å². The van der Waals surface area contributed by atoms with Crippen LogP contribution in [0.5, 0.6) is 0 Å². The smallest absolute Gasteiger partial charge is 0.181 e. The first-order valence-corrected chi connectivity index (χ1v) is 4.78. The highest BCUT2D eigenvalue weighted by Crippen LogP contribution is 2.29. The van der Waals surface area contributed by atoms with Crippen molar-refractivity contribution in [1.82, 2.24) is 4.98 Å². The number of hydrogen-bond donors (Lipinski definition) is 0. The first-order valence-electron chi connectivity index (χ1n) is 3.61. The molecule has 2 rings (SSSR count). The zero-order valence-corrected chi connectivity index (χ0v) is 8.84. The molecule has 0 saturated carbocycles. The van der Waals surface area contributed by atoms with E-state index in [0.717, 1.165) is 15.7 Å². The zero-order valence-electron chi connectivity index (χ0n) is 6.50. The Morgan fingerprint density at radius 3 is 2.85 bits per heavy atom. The molecule has 2 aromatic rings. The Morgan fingerprint density at radius 1 is 1.38 bits per heavy atom. The molecular formula is C9H5BrClNO. The number of nitrogens with zero attached hydrogens (tertiary/aromatic N) is 1. The van der Waals surface area contributed by atoms with Gasteiger partial charge in [0.15, 0.2) is 6.39 Å². The van der Waals surface area contributed by atoms with Gasteiger partial charge in [0, 0.05) is 15.1 Å². The third-order valence-corrected chi connectivity index (χ3v) is 2.53. The Kier molecular flexibility index (Phi) is 2.38. The summed E-state index contributed by atoms with van der Waals surface area (Å²) in [6, 6.07) is 5.53. The first-order chi connectivity index (χ1) is 6.27. The SMILES string of the molecule is Clc1ccc(-c2cocn2)c(Br)c1. The highest BCUT2D eigenvalue weighted by molar-refractivity contribution is 9.10. The first kappa shape index (κ1) is 8.78. The molecule has 0 saturated heterocycles. The summed E-state index contributed by atoms with van der Waals surface area (Å²) in [6.45, 7) is 0. The third kappa shape index (κ3) is 1.76. The van der Waals surface area contributed by atoms with E-state index < -0.39 is 0 Å². The molecule has 0 atom stereocenters. The van der Waals surface area contributed by atoms with Crippen LogP contribution in [-0.2, 0) is 0 Å². The molecule has 1 aromatic heterocycles. The molecule has 1 heterocycles. The summed E-state index contributed by atoms with van der Waals surface area (Å²) in [5.74, 6) is 0. The van der Waals surface area contributed by atoms with Crippen molar-refractivity contribution in [2.45, 2.75) is 0 Å². The standard InChI is InChI=1S/C9H5BrClNO/c10-8-3-6(11)1-2-7(8)9-4-13-5-12-9/h1-5H. The fourth-order valence-electron chi connectivity index (χ4n) is 1.04. The second kappa shape index (κ2) is 3.52. The van der Waals surface area contributed by atoms with Crippen LogP contribution in [0, 0.1) is 0 Å². The molecule has 1 aromatic carbocycles. The number of halogens is 2. The normalized spacial score (nSPS) is 10.3. The topological polar surface area (TPSA) is 26.0 Å². The highest BCUT2D eigenvalue weighted by Gasteiger charge is 2.05. The fourth-order valence-corrected chi connectivity index (χ4v) is 1.93. The van der Waals surface area contributed by atoms with Crippen molar-refractivity contribution in [3.05, 3.63) is 40.4 Å². The molecule has 0 bridgehead atoms. The minimum atomic E-state index is 0.694. The molecule has 13 heavy (non-hydrogen) atoms. The summed E-state index contributed by atoms with van der Waals surface area (Å²) < 4.78 is 5.80. The van der Waals surface area contributed by atoms with Gasteiger partial charge in [-0.15, -0.1) is 0 Å². The van der Waals surface area contributed by atoms with E-state index in [-0.39, 0.29) is 0 Å². The van der Waals surface area contributed by atoms with Crippen molar-refractivity contribution < 1.29 is 4.42 Å². The van der Waals surface area contributed by atoms with Crippen LogP contribution in [0.1, 0.15) is 0 Å². The van der Waals surface area contributed by atoms with E-state index in [1.807, 2.05) is 18.2 Å². The maximum absolute atomic E-state index is 5.80. The molecule has 0 unspecified atom stereocenters. The summed E-state index contributed by atoms with van der Waals surface area (Å²) >= 11 is 9.21. The molecule has 0 aliphatic carbocycles. The van der Waals surface area contributed by atoms with Crippen LogP contribution in [0.25, 0.3) is 11.3 Å². The van der Waals surface area contributed by atoms with Gasteiger partial charge in [0.05, 0.1) is 0 Å². The summed E-state index contributed by atoms with van der Waals surface area (Å²) in [6.07, 6.45) is 2.99. The van der Waals surface area contributed by atoms with Crippen LogP contribution < -0.4 is 0 Å². The Labute approximate surface area is 88.7 Å². The summed E-state index contributed by atoms with van der Waals surface area (Å²) in [7, 11) is 0. The highest BCUT2D eigenvalue weighted by atomic mass is 79.9. The number of aromatic nitrogens is 1. The molecular weight excluding hydrogens is 253 g/mol. The van der Waals surface area contributed by atoms with Crippen molar-refractivity contribution in [3.8, 4) is 11.3 Å². The van der Waals surface area contributed by atoms with Gasteiger partial charge in [0.1, 0.15) is 12.0 Å². The lowest BCUT2D eigenvalue weighted by molar-refractivity contribution is 0.558. The molecule has 0 radical (unpaired) electrons. The van der Waals surface area contributed by atoms with Gasteiger partial charge < -0.3 is 4.42 Å². The van der Waals surface area contributed by atoms with Gasteiger partial charge in [0.2, 0.25) is 0 Å². The number of oxazole rings is 1. The lowest BCUT2D eigenvalue weighted by Crippen LogP contribution is -1.78. The largest absolute Gasteiger partial charge is 0.451 e. The molecule has 0 spiro atoms. The van der Waals surface area contributed by atoms with E-state index in [2.05, 4.69) is 20.9 Å². The van der Waals surface area contributed by atoms with Gasteiger partial charge >= 0.3 is 0 Å². The van der Waals surface area contributed by atoms with Crippen molar-refractivity contribution in [2.75, 3.05) is 0 Å². The summed E-state index contributed by atoms with van der Waals surface area (Å²) in [5, 5.41) is 0.694. The maximum atomic E-state index is 5.80. The van der Waals surface area contributed by atoms with E-state index in [9.17, 15) is 0 Å². The van der Waals surface area contributed by atoms with Crippen LogP contribution in [0.15, 0.2) is 39.7 Å². The van der Waals surface area contributed by atoms with Crippen LogP contribution in [0.4, 0.5) is 0 Å². The van der Waals surface area contributed by atoms with Crippen LogP contribution in [-0.4, -0.2) is 4.98 Å². The van der Waals surface area contributed by atoms with E-state index in [1.54, 1.807) is 6.26 Å². The molecule has 4 heteroatoms. The van der Waals surface area contributed by atoms with Gasteiger partial charge in [-0.25, -0.2) is 4.98 Å². The van der Waals surface area contributed by atoms with Crippen LogP contribution in [0.3, 0.4) is 0 Å². The number of benzene rings is 1. The molecule has 0 aliphatic heterocycles. The van der Waals surface area contributed by atoms with Gasteiger partial charge in [0.25, 0.3) is 0 Å². The average molecular weight is 259 g/mol. The van der Waals surface area contributed by atoms with Gasteiger partial charge in [-0.1, -0.05) is 33.6 Å². The quantitative estimate of drug-likeness (QED) is 0.778. The zero-order chi connectivity index (χ0) is 9.26. The molecule has 2 nitrogen and oxygen atoms in total. The Balaban J connectivity index is 2.53. The monoisotopic (exact) mass is 257 g/mol. The van der Waals surface area contributed by atoms with Crippen LogP contribution >= 0.6 is 27.5 Å². The molecule has 0 aliphatic rings. The predicted octanol–water partition coefficient (Wildman–Crippen LogP) is 3.76. The van der Waals surface area contributed by atoms with Crippen LogP contribution in [0.2, 0.25) is 5.02 Å². The predicted molar refractivity (Wildman–Crippen MR) is 54.6 cm³/mol. The molecule has 0 N–H and O–H groups in total. The van der Waals surface area contributed by atoms with E-state index in [1.165, 1.54) is 6.39 Å². The average Bonchev–Trinajstić information content (AvgIpc) is 2.56. The molecule has 66 valence electrons. The lowest BCUT2D eigenvalue weighted by atomic mass is 10.2. The van der Waals surface area contributed by atoms with E-state index in [0.29, 0.717) is 5.02 Å². The second-order valence-corrected chi connectivity index (χ2v) is 3.79. The Morgan fingerprint density at radius 2 is 2.23 bits per heavy atom. The Hall–Kier alpha value is -0.800. The molecule has 0 amide bonds. The van der Waals surface area contributed by atoms with E-state index in [4.69, 9.17) is 16.0 Å². The third-order valence-electron chi connectivity index (χ3n) is 1.64.